The van der Waals surface area contributed by atoms with Gasteiger partial charge in [0.05, 0.1) is 28.4 Å². The van der Waals surface area contributed by atoms with Crippen molar-refractivity contribution in [3.05, 3.63) is 64.8 Å². The standard InChI is InChI=1S/C29H36N4O2S.2ClH/c1-29(2,3)22-8-10-24(11-9-22)35-17-5-14-32-15-12-21(13-16-32)19-31-28(34)25-18-23-20-30-26-6-4-7-27(36-25)33(23)26;;/h4,6-11,18,20-21H,5,12-17,19H2,1-3H3,(H,31,34);2*1H. The van der Waals surface area contributed by atoms with E-state index in [1.807, 2.05) is 30.5 Å². The van der Waals surface area contributed by atoms with Crippen LogP contribution in [0.2, 0.25) is 0 Å². The third-order valence-corrected chi connectivity index (χ3v) is 8.16. The molecule has 0 atom stereocenters. The first kappa shape index (κ1) is 30.4. The number of carbonyl (C=O) groups excluding carboxylic acids is 1. The molecular weight excluding hydrogens is 539 g/mol. The predicted molar refractivity (Wildman–Crippen MR) is 161 cm³/mol. The summed E-state index contributed by atoms with van der Waals surface area (Å²) in [5.74, 6) is 1.50. The summed E-state index contributed by atoms with van der Waals surface area (Å²) < 4.78 is 8.04. The molecule has 206 valence electrons. The van der Waals surface area contributed by atoms with Gasteiger partial charge in [-0.1, -0.05) is 50.7 Å². The number of hydrogen-bond acceptors (Lipinski definition) is 5. The molecule has 2 aliphatic heterocycles. The van der Waals surface area contributed by atoms with Gasteiger partial charge in [0.1, 0.15) is 11.4 Å². The minimum absolute atomic E-state index is 0. The first-order chi connectivity index (χ1) is 17.4. The number of ether oxygens (including phenoxy) is 1. The number of aromatic nitrogens is 2. The fourth-order valence-electron chi connectivity index (χ4n) is 4.87. The molecule has 0 radical (unpaired) electrons. The third-order valence-electron chi connectivity index (χ3n) is 7.10. The zero-order chi connectivity index (χ0) is 25.1. The minimum atomic E-state index is 0. The Kier molecular flexibility index (Phi) is 10.6. The lowest BCUT2D eigenvalue weighted by atomic mass is 9.87. The van der Waals surface area contributed by atoms with E-state index in [0.717, 1.165) is 79.1 Å². The summed E-state index contributed by atoms with van der Waals surface area (Å²) in [4.78, 5) is 20.5. The van der Waals surface area contributed by atoms with Crippen molar-refractivity contribution in [2.45, 2.75) is 50.5 Å². The Bertz CT molecular complexity index is 1250. The number of carbonyl (C=O) groups is 1. The number of halogens is 2. The molecule has 2 aliphatic rings. The van der Waals surface area contributed by atoms with Crippen molar-refractivity contribution >= 4 is 54.2 Å². The number of rotatable bonds is 8. The summed E-state index contributed by atoms with van der Waals surface area (Å²) in [6.07, 6.45) is 7.03. The highest BCUT2D eigenvalue weighted by atomic mass is 35.5. The number of hydrogen-bond donors (Lipinski definition) is 1. The average molecular weight is 578 g/mol. The summed E-state index contributed by atoms with van der Waals surface area (Å²) in [6, 6.07) is 14.5. The van der Waals surface area contributed by atoms with Crippen LogP contribution >= 0.6 is 36.6 Å². The Balaban J connectivity index is 0.00000200. The molecule has 9 heteroatoms. The maximum atomic E-state index is 12.9. The fourth-order valence-corrected chi connectivity index (χ4v) is 5.87. The number of amides is 1. The van der Waals surface area contributed by atoms with Crippen LogP contribution < -0.4 is 10.1 Å². The second-order valence-electron chi connectivity index (χ2n) is 10.8. The van der Waals surface area contributed by atoms with Gasteiger partial charge in [0.2, 0.25) is 0 Å². The molecule has 3 aromatic rings. The van der Waals surface area contributed by atoms with Crippen molar-refractivity contribution in [3.63, 3.8) is 0 Å². The number of pyridine rings is 1. The van der Waals surface area contributed by atoms with Gasteiger partial charge in [-0.15, -0.1) is 24.8 Å². The van der Waals surface area contributed by atoms with Crippen LogP contribution in [-0.4, -0.2) is 53.0 Å². The Morgan fingerprint density at radius 2 is 1.84 bits per heavy atom. The van der Waals surface area contributed by atoms with Crippen LogP contribution in [0, 0.1) is 5.92 Å². The van der Waals surface area contributed by atoms with Gasteiger partial charge in [-0.05, 0) is 79.6 Å². The topological polar surface area (TPSA) is 58.9 Å². The van der Waals surface area contributed by atoms with E-state index in [-0.39, 0.29) is 36.1 Å². The molecule has 0 unspecified atom stereocenters. The van der Waals surface area contributed by atoms with Crippen molar-refractivity contribution in [1.82, 2.24) is 19.6 Å². The predicted octanol–water partition coefficient (Wildman–Crippen LogP) is 6.22. The van der Waals surface area contributed by atoms with E-state index < -0.39 is 0 Å². The molecule has 0 aliphatic carbocycles. The lowest BCUT2D eigenvalue weighted by molar-refractivity contribution is -0.117. The van der Waals surface area contributed by atoms with Gasteiger partial charge in [0.25, 0.3) is 5.91 Å². The van der Waals surface area contributed by atoms with Crippen LogP contribution in [0.15, 0.2) is 58.6 Å². The van der Waals surface area contributed by atoms with Crippen LogP contribution in [0.5, 0.6) is 5.75 Å². The minimum Gasteiger partial charge on any atom is -0.494 e. The van der Waals surface area contributed by atoms with Crippen LogP contribution in [0.3, 0.4) is 0 Å². The molecule has 4 heterocycles. The molecule has 1 amide bonds. The molecule has 1 saturated heterocycles. The number of benzene rings is 1. The maximum absolute atomic E-state index is 12.9. The van der Waals surface area contributed by atoms with Crippen molar-refractivity contribution in [1.29, 1.82) is 0 Å². The van der Waals surface area contributed by atoms with Gasteiger partial charge in [0.15, 0.2) is 0 Å². The van der Waals surface area contributed by atoms with Crippen molar-refractivity contribution in [3.8, 4) is 5.75 Å². The highest BCUT2D eigenvalue weighted by Crippen LogP contribution is 2.34. The molecular formula is C29H38Cl2N4O2S. The van der Waals surface area contributed by atoms with Crippen LogP contribution in [-0.2, 0) is 10.2 Å². The largest absolute Gasteiger partial charge is 0.494 e. The van der Waals surface area contributed by atoms with E-state index in [1.54, 1.807) is 0 Å². The van der Waals surface area contributed by atoms with E-state index >= 15 is 0 Å². The summed E-state index contributed by atoms with van der Waals surface area (Å²) in [5, 5.41) is 4.21. The number of piperidine rings is 1. The number of thioether (sulfide) groups is 1. The summed E-state index contributed by atoms with van der Waals surface area (Å²) in [5.41, 5.74) is 3.37. The van der Waals surface area contributed by atoms with E-state index in [9.17, 15) is 4.79 Å². The third kappa shape index (κ3) is 7.26. The number of nitrogens with zero attached hydrogens (tertiary/aromatic N) is 3. The molecule has 1 aromatic carbocycles. The van der Waals surface area contributed by atoms with Gasteiger partial charge >= 0.3 is 0 Å². The quantitative estimate of drug-likeness (QED) is 0.322. The molecule has 2 aromatic heterocycles. The zero-order valence-electron chi connectivity index (χ0n) is 22.3. The van der Waals surface area contributed by atoms with E-state index in [1.165, 1.54) is 17.3 Å². The highest BCUT2D eigenvalue weighted by molar-refractivity contribution is 8.04. The first-order valence-corrected chi connectivity index (χ1v) is 13.8. The molecule has 5 rings (SSSR count). The second kappa shape index (κ2) is 13.2. The Morgan fingerprint density at radius 1 is 1.11 bits per heavy atom. The van der Waals surface area contributed by atoms with Gasteiger partial charge in [-0.2, -0.15) is 0 Å². The lowest BCUT2D eigenvalue weighted by Gasteiger charge is -2.32. The smallest absolute Gasteiger partial charge is 0.258 e. The van der Waals surface area contributed by atoms with E-state index in [4.69, 9.17) is 4.74 Å². The van der Waals surface area contributed by atoms with Crippen LogP contribution in [0.4, 0.5) is 0 Å². The SMILES string of the molecule is CC(C)(C)c1ccc(OCCCN2CCC(CNC(=O)C3=Cc4cnc5cccc(n45)S3)CC2)cc1.Cl.Cl. The average Bonchev–Trinajstić information content (AvgIpc) is 3.30. The second-order valence-corrected chi connectivity index (χ2v) is 11.9. The van der Waals surface area contributed by atoms with Gasteiger partial charge in [-0.3, -0.25) is 9.20 Å². The number of likely N-dealkylation sites (tertiary alicyclic amines) is 1. The van der Waals surface area contributed by atoms with Crippen molar-refractivity contribution in [2.24, 2.45) is 5.92 Å². The van der Waals surface area contributed by atoms with Crippen molar-refractivity contribution < 1.29 is 9.53 Å². The summed E-state index contributed by atoms with van der Waals surface area (Å²) >= 11 is 1.51. The monoisotopic (exact) mass is 576 g/mol. The van der Waals surface area contributed by atoms with Gasteiger partial charge < -0.3 is 15.0 Å². The molecule has 0 saturated carbocycles. The summed E-state index contributed by atoms with van der Waals surface area (Å²) in [7, 11) is 0. The lowest BCUT2D eigenvalue weighted by Crippen LogP contribution is -2.39. The Hall–Kier alpha value is -2.19. The molecule has 1 fully saturated rings. The fraction of sp³-hybridized carbons (Fsp3) is 0.448. The van der Waals surface area contributed by atoms with Crippen LogP contribution in [0.1, 0.15) is 51.3 Å². The Labute approximate surface area is 242 Å². The van der Waals surface area contributed by atoms with E-state index in [2.05, 4.69) is 64.6 Å². The van der Waals surface area contributed by atoms with Gasteiger partial charge in [-0.25, -0.2) is 4.98 Å². The van der Waals surface area contributed by atoms with E-state index in [0.29, 0.717) is 5.92 Å². The molecule has 6 nitrogen and oxygen atoms in total. The molecule has 1 N–H and O–H groups in total. The normalized spacial score (nSPS) is 15.8. The van der Waals surface area contributed by atoms with Crippen molar-refractivity contribution in [2.75, 3.05) is 32.8 Å². The zero-order valence-corrected chi connectivity index (χ0v) is 24.8. The molecule has 0 bridgehead atoms. The highest BCUT2D eigenvalue weighted by Gasteiger charge is 2.23. The molecule has 38 heavy (non-hydrogen) atoms. The van der Waals surface area contributed by atoms with Crippen LogP contribution in [0.25, 0.3) is 11.7 Å². The van der Waals surface area contributed by atoms with Gasteiger partial charge in [0, 0.05) is 13.1 Å². The summed E-state index contributed by atoms with van der Waals surface area (Å²) in [6.45, 7) is 11.4. The number of nitrogens with one attached hydrogen (secondary N) is 1. The Morgan fingerprint density at radius 3 is 2.55 bits per heavy atom. The molecule has 0 spiro atoms. The number of imidazole rings is 1. The maximum Gasteiger partial charge on any atom is 0.258 e. The first-order valence-electron chi connectivity index (χ1n) is 13.0.